The Bertz CT molecular complexity index is 260. The van der Waals surface area contributed by atoms with Gasteiger partial charge in [0.15, 0.2) is 0 Å². The van der Waals surface area contributed by atoms with Gasteiger partial charge in [0, 0.05) is 6.04 Å². The molecule has 1 fully saturated rings. The monoisotopic (exact) mass is 177 g/mol. The van der Waals surface area contributed by atoms with E-state index in [4.69, 9.17) is 0 Å². The Morgan fingerprint density at radius 1 is 1.15 bits per heavy atom. The average Bonchev–Trinajstić information content (AvgIpc) is 2.19. The van der Waals surface area contributed by atoms with Crippen LogP contribution in [0.1, 0.15) is 30.9 Å². The summed E-state index contributed by atoms with van der Waals surface area (Å²) >= 11 is 0. The van der Waals surface area contributed by atoms with Crippen LogP contribution in [-0.4, -0.2) is 11.3 Å². The van der Waals surface area contributed by atoms with E-state index in [-0.39, 0.29) is 6.23 Å². The van der Waals surface area contributed by atoms with Crippen molar-refractivity contribution in [2.45, 2.75) is 31.5 Å². The smallest absolute Gasteiger partial charge is 0.105 e. The Morgan fingerprint density at radius 2 is 1.92 bits per heavy atom. The van der Waals surface area contributed by atoms with E-state index in [0.29, 0.717) is 6.04 Å². The molecular weight excluding hydrogens is 162 g/mol. The van der Waals surface area contributed by atoms with Crippen molar-refractivity contribution in [1.29, 1.82) is 0 Å². The molecule has 0 amide bonds. The first-order valence-corrected chi connectivity index (χ1v) is 4.85. The molecule has 70 valence electrons. The predicted molar refractivity (Wildman–Crippen MR) is 52.2 cm³/mol. The summed E-state index contributed by atoms with van der Waals surface area (Å²) < 4.78 is 0. The summed E-state index contributed by atoms with van der Waals surface area (Å²) in [4.78, 5) is 0. The zero-order valence-corrected chi connectivity index (χ0v) is 7.61. The van der Waals surface area contributed by atoms with Crippen molar-refractivity contribution in [3.8, 4) is 0 Å². The molecule has 1 aliphatic rings. The Kier molecular flexibility index (Phi) is 2.62. The second kappa shape index (κ2) is 3.90. The number of hydrogen-bond acceptors (Lipinski definition) is 2. The molecule has 1 aromatic rings. The molecule has 1 heterocycles. The number of nitrogens with one attached hydrogen (secondary N) is 1. The first-order valence-electron chi connectivity index (χ1n) is 4.85. The van der Waals surface area contributed by atoms with E-state index < -0.39 is 0 Å². The van der Waals surface area contributed by atoms with E-state index in [1.54, 1.807) is 0 Å². The summed E-state index contributed by atoms with van der Waals surface area (Å²) in [5.41, 5.74) is 1.28. The molecule has 2 unspecified atom stereocenters. The summed E-state index contributed by atoms with van der Waals surface area (Å²) in [5, 5.41) is 12.6. The number of aliphatic hydroxyl groups is 1. The lowest BCUT2D eigenvalue weighted by Gasteiger charge is -2.28. The van der Waals surface area contributed by atoms with Crippen molar-refractivity contribution in [3.63, 3.8) is 0 Å². The second-order valence-corrected chi connectivity index (χ2v) is 3.58. The van der Waals surface area contributed by atoms with Gasteiger partial charge in [0.05, 0.1) is 0 Å². The van der Waals surface area contributed by atoms with E-state index in [2.05, 4.69) is 17.4 Å². The van der Waals surface area contributed by atoms with Gasteiger partial charge < -0.3 is 5.11 Å². The summed E-state index contributed by atoms with van der Waals surface area (Å²) in [7, 11) is 0. The molecule has 1 aliphatic heterocycles. The summed E-state index contributed by atoms with van der Waals surface area (Å²) in [6.45, 7) is 0. The van der Waals surface area contributed by atoms with Crippen LogP contribution in [0.2, 0.25) is 0 Å². The number of rotatable bonds is 1. The summed E-state index contributed by atoms with van der Waals surface area (Å²) in [6.07, 6.45) is 2.79. The van der Waals surface area contributed by atoms with Crippen molar-refractivity contribution in [2.75, 3.05) is 0 Å². The topological polar surface area (TPSA) is 32.3 Å². The third kappa shape index (κ3) is 2.08. The number of piperidine rings is 1. The first kappa shape index (κ1) is 8.73. The van der Waals surface area contributed by atoms with Gasteiger partial charge in [-0.25, -0.2) is 0 Å². The zero-order valence-electron chi connectivity index (χ0n) is 7.61. The van der Waals surface area contributed by atoms with Crippen LogP contribution >= 0.6 is 0 Å². The molecule has 13 heavy (non-hydrogen) atoms. The van der Waals surface area contributed by atoms with Crippen molar-refractivity contribution < 1.29 is 5.11 Å². The lowest BCUT2D eigenvalue weighted by Crippen LogP contribution is -2.36. The largest absolute Gasteiger partial charge is 0.379 e. The van der Waals surface area contributed by atoms with Gasteiger partial charge in [-0.1, -0.05) is 30.3 Å². The molecule has 0 spiro atoms. The van der Waals surface area contributed by atoms with Crippen LogP contribution in [0.15, 0.2) is 30.3 Å². The predicted octanol–water partition coefficient (Wildman–Crippen LogP) is 1.82. The molecule has 2 N–H and O–H groups in total. The third-order valence-corrected chi connectivity index (χ3v) is 2.57. The SMILES string of the molecule is OC1CCCC(c2ccccc2)N1. The van der Waals surface area contributed by atoms with Gasteiger partial charge in [-0.2, -0.15) is 0 Å². The molecule has 0 aliphatic carbocycles. The highest BCUT2D eigenvalue weighted by molar-refractivity contribution is 5.19. The molecule has 2 heteroatoms. The molecule has 2 rings (SSSR count). The average molecular weight is 177 g/mol. The number of hydrogen-bond donors (Lipinski definition) is 2. The molecule has 1 saturated heterocycles. The Hall–Kier alpha value is -0.860. The normalized spacial score (nSPS) is 28.7. The molecule has 0 bridgehead atoms. The van der Waals surface area contributed by atoms with Gasteiger partial charge >= 0.3 is 0 Å². The van der Waals surface area contributed by atoms with Crippen LogP contribution in [0.5, 0.6) is 0 Å². The van der Waals surface area contributed by atoms with Gasteiger partial charge in [0.1, 0.15) is 6.23 Å². The minimum absolute atomic E-state index is 0.320. The van der Waals surface area contributed by atoms with Crippen LogP contribution < -0.4 is 5.32 Å². The van der Waals surface area contributed by atoms with Crippen molar-refractivity contribution in [3.05, 3.63) is 35.9 Å². The highest BCUT2D eigenvalue weighted by atomic mass is 16.3. The summed E-state index contributed by atoms with van der Waals surface area (Å²) in [6, 6.07) is 10.6. The molecule has 2 nitrogen and oxygen atoms in total. The molecule has 0 saturated carbocycles. The third-order valence-electron chi connectivity index (χ3n) is 2.57. The van der Waals surface area contributed by atoms with Gasteiger partial charge in [-0.3, -0.25) is 5.32 Å². The molecule has 2 atom stereocenters. The van der Waals surface area contributed by atoms with Crippen LogP contribution in [0, 0.1) is 0 Å². The maximum atomic E-state index is 9.43. The van der Waals surface area contributed by atoms with E-state index >= 15 is 0 Å². The van der Waals surface area contributed by atoms with Gasteiger partial charge in [0.25, 0.3) is 0 Å². The zero-order chi connectivity index (χ0) is 9.10. The van der Waals surface area contributed by atoms with Crippen LogP contribution in [0.4, 0.5) is 0 Å². The van der Waals surface area contributed by atoms with E-state index in [0.717, 1.165) is 19.3 Å². The van der Waals surface area contributed by atoms with Crippen LogP contribution in [-0.2, 0) is 0 Å². The molecular formula is C11H15NO. The lowest BCUT2D eigenvalue weighted by molar-refractivity contribution is 0.0852. The first-order chi connectivity index (χ1) is 6.36. The van der Waals surface area contributed by atoms with Gasteiger partial charge in [0.2, 0.25) is 0 Å². The number of aliphatic hydroxyl groups excluding tert-OH is 1. The minimum Gasteiger partial charge on any atom is -0.379 e. The molecule has 0 aromatic heterocycles. The Morgan fingerprint density at radius 3 is 2.62 bits per heavy atom. The fourth-order valence-corrected chi connectivity index (χ4v) is 1.86. The maximum absolute atomic E-state index is 9.43. The van der Waals surface area contributed by atoms with Gasteiger partial charge in [-0.05, 0) is 24.8 Å². The van der Waals surface area contributed by atoms with E-state index in [9.17, 15) is 5.11 Å². The fraction of sp³-hybridized carbons (Fsp3) is 0.455. The maximum Gasteiger partial charge on any atom is 0.105 e. The quantitative estimate of drug-likeness (QED) is 0.685. The van der Waals surface area contributed by atoms with Crippen molar-refractivity contribution >= 4 is 0 Å². The van der Waals surface area contributed by atoms with Gasteiger partial charge in [-0.15, -0.1) is 0 Å². The molecule has 0 radical (unpaired) electrons. The van der Waals surface area contributed by atoms with Crippen LogP contribution in [0.25, 0.3) is 0 Å². The Labute approximate surface area is 78.6 Å². The number of benzene rings is 1. The second-order valence-electron chi connectivity index (χ2n) is 3.58. The Balaban J connectivity index is 2.08. The van der Waals surface area contributed by atoms with Crippen LogP contribution in [0.3, 0.4) is 0 Å². The lowest BCUT2D eigenvalue weighted by atomic mass is 9.97. The van der Waals surface area contributed by atoms with E-state index in [1.165, 1.54) is 5.56 Å². The fourth-order valence-electron chi connectivity index (χ4n) is 1.86. The van der Waals surface area contributed by atoms with Crippen molar-refractivity contribution in [2.24, 2.45) is 0 Å². The standard InChI is InChI=1S/C11H15NO/c13-11-8-4-7-10(12-11)9-5-2-1-3-6-9/h1-3,5-6,10-13H,4,7-8H2. The summed E-state index contributed by atoms with van der Waals surface area (Å²) in [5.74, 6) is 0. The van der Waals surface area contributed by atoms with Crippen molar-refractivity contribution in [1.82, 2.24) is 5.32 Å². The van der Waals surface area contributed by atoms with E-state index in [1.807, 2.05) is 18.2 Å². The highest BCUT2D eigenvalue weighted by Gasteiger charge is 2.19. The minimum atomic E-state index is -0.320. The highest BCUT2D eigenvalue weighted by Crippen LogP contribution is 2.24. The molecule has 1 aromatic carbocycles.